The number of unbranched alkanes of at least 4 members (excludes halogenated alkanes) is 18. The Morgan fingerprint density at radius 3 is 1.51 bits per heavy atom. The first-order valence-corrected chi connectivity index (χ1v) is 24.8. The molecule has 9 N–H and O–H groups in total. The van der Waals surface area contributed by atoms with Crippen molar-refractivity contribution in [3.05, 3.63) is 60.8 Å². The van der Waals surface area contributed by atoms with Crippen LogP contribution in [0.3, 0.4) is 0 Å². The van der Waals surface area contributed by atoms with Gasteiger partial charge in [0.15, 0.2) is 0 Å². The lowest BCUT2D eigenvalue weighted by molar-refractivity contribution is -0.220. The molecule has 0 radical (unpaired) electrons. The Bertz CT molecular complexity index is 1280. The molecule has 1 fully saturated rings. The molecule has 0 aromatic carbocycles. The van der Waals surface area contributed by atoms with Gasteiger partial charge in [0.2, 0.25) is 5.91 Å². The van der Waals surface area contributed by atoms with Crippen LogP contribution in [0, 0.1) is 0 Å². The molecular formula is C47H84NO12P. The summed E-state index contributed by atoms with van der Waals surface area (Å²) in [6, 6.07) is -1.30. The summed E-state index contributed by atoms with van der Waals surface area (Å²) in [7, 11) is -5.17. The van der Waals surface area contributed by atoms with Crippen LogP contribution in [0.25, 0.3) is 0 Å². The molecule has 0 spiro atoms. The molecule has 61 heavy (non-hydrogen) atoms. The second-order valence-electron chi connectivity index (χ2n) is 16.4. The van der Waals surface area contributed by atoms with Crippen LogP contribution in [0.4, 0.5) is 0 Å². The molecule has 14 heteroatoms. The number of hydrogen-bond acceptors (Lipinski definition) is 11. The number of hydrogen-bond donors (Lipinski definition) is 9. The third-order valence-electron chi connectivity index (χ3n) is 10.8. The summed E-state index contributed by atoms with van der Waals surface area (Å²) in [5.41, 5.74) is 0. The standard InChI is InChI=1S/C47H84NO12P/c1-3-5-7-9-11-13-15-16-17-18-19-20-21-22-23-25-27-29-31-33-35-40(50)39(37-59-61(57,58)60-47-45(55)43(53)42(52)44(54)46(47)56)48-41(51)36-38(49)34-32-30-28-26-24-14-12-10-8-6-4-2/h20-21,25-28,32-35,38-40,42-47,49-50,52-56H,3-19,22-24,29-31,36-37H2,1-2H3,(H,48,51)(H,57,58)/b21-20+,27-25+,28-26-,34-32-,35-33+. The first-order valence-electron chi connectivity index (χ1n) is 23.3. The van der Waals surface area contributed by atoms with Crippen molar-refractivity contribution in [1.82, 2.24) is 5.32 Å². The topological polar surface area (TPSA) is 226 Å². The highest BCUT2D eigenvalue weighted by atomic mass is 31.2. The van der Waals surface area contributed by atoms with Gasteiger partial charge >= 0.3 is 7.82 Å². The quantitative estimate of drug-likeness (QED) is 0.0166. The van der Waals surface area contributed by atoms with Crippen molar-refractivity contribution in [3.8, 4) is 0 Å². The van der Waals surface area contributed by atoms with Gasteiger partial charge in [-0.1, -0.05) is 164 Å². The number of aliphatic hydroxyl groups excluding tert-OH is 7. The lowest BCUT2D eigenvalue weighted by Crippen LogP contribution is -2.64. The molecule has 8 unspecified atom stereocenters. The zero-order chi connectivity index (χ0) is 45.1. The van der Waals surface area contributed by atoms with Gasteiger partial charge in [0.05, 0.1) is 31.3 Å². The normalized spacial score (nSPS) is 23.8. The van der Waals surface area contributed by atoms with Crippen molar-refractivity contribution in [2.24, 2.45) is 0 Å². The van der Waals surface area contributed by atoms with Gasteiger partial charge in [0, 0.05) is 0 Å². The lowest BCUT2D eigenvalue weighted by Gasteiger charge is -2.41. The van der Waals surface area contributed by atoms with Crippen LogP contribution in [0.1, 0.15) is 168 Å². The van der Waals surface area contributed by atoms with E-state index in [0.29, 0.717) is 19.3 Å². The molecule has 1 amide bonds. The summed E-state index contributed by atoms with van der Waals surface area (Å²) < 4.78 is 22.8. The number of phosphoric ester groups is 1. The van der Waals surface area contributed by atoms with Crippen molar-refractivity contribution in [3.63, 3.8) is 0 Å². The van der Waals surface area contributed by atoms with Crippen molar-refractivity contribution in [2.75, 3.05) is 6.61 Å². The SMILES string of the molecule is CCCCCCCC/C=C\C/C=C\C(O)CC(=O)NC(COP(=O)(O)OC1C(O)C(O)C(O)C(O)C1O)C(O)/C=C/CC/C=C/CC/C=C/CCCCCCCCCCCC. The van der Waals surface area contributed by atoms with E-state index in [9.17, 15) is 50.0 Å². The van der Waals surface area contributed by atoms with Crippen LogP contribution in [0.2, 0.25) is 0 Å². The monoisotopic (exact) mass is 886 g/mol. The second kappa shape index (κ2) is 36.4. The molecule has 0 aliphatic heterocycles. The first-order chi connectivity index (χ1) is 29.3. The van der Waals surface area contributed by atoms with E-state index in [-0.39, 0.29) is 6.42 Å². The molecular weight excluding hydrogens is 801 g/mol. The fourth-order valence-corrected chi connectivity index (χ4v) is 7.94. The van der Waals surface area contributed by atoms with Gasteiger partial charge in [0.1, 0.15) is 36.6 Å². The van der Waals surface area contributed by atoms with E-state index < -0.39 is 75.2 Å². The fraction of sp³-hybridized carbons (Fsp3) is 0.766. The van der Waals surface area contributed by atoms with Gasteiger partial charge in [-0.3, -0.25) is 13.8 Å². The predicted molar refractivity (Wildman–Crippen MR) is 242 cm³/mol. The average Bonchev–Trinajstić information content (AvgIpc) is 3.23. The van der Waals surface area contributed by atoms with Crippen LogP contribution in [0.5, 0.6) is 0 Å². The maximum Gasteiger partial charge on any atom is 0.472 e. The summed E-state index contributed by atoms with van der Waals surface area (Å²) in [6.07, 6.45) is 30.6. The largest absolute Gasteiger partial charge is 0.472 e. The molecule has 0 aromatic heterocycles. The van der Waals surface area contributed by atoms with Crippen LogP contribution in [0.15, 0.2) is 60.8 Å². The lowest BCUT2D eigenvalue weighted by atomic mass is 9.85. The Hall–Kier alpha value is -2.00. The summed E-state index contributed by atoms with van der Waals surface area (Å²) in [6.45, 7) is 3.67. The zero-order valence-electron chi connectivity index (χ0n) is 37.3. The van der Waals surface area contributed by atoms with Crippen molar-refractivity contribution >= 4 is 13.7 Å². The second-order valence-corrected chi connectivity index (χ2v) is 17.8. The van der Waals surface area contributed by atoms with Crippen molar-refractivity contribution < 1.29 is 59.0 Å². The highest BCUT2D eigenvalue weighted by molar-refractivity contribution is 7.47. The number of carbonyl (C=O) groups excluding carboxylic acids is 1. The van der Waals surface area contributed by atoms with E-state index in [1.54, 1.807) is 12.2 Å². The Morgan fingerprint density at radius 2 is 1.00 bits per heavy atom. The van der Waals surface area contributed by atoms with Crippen LogP contribution >= 0.6 is 7.82 Å². The fourth-order valence-electron chi connectivity index (χ4n) is 6.98. The third kappa shape index (κ3) is 28.4. The summed E-state index contributed by atoms with van der Waals surface area (Å²) in [5.74, 6) is -0.677. The maximum atomic E-state index is 12.9. The van der Waals surface area contributed by atoms with Gasteiger partial charge < -0.3 is 46.0 Å². The van der Waals surface area contributed by atoms with Crippen LogP contribution in [-0.2, 0) is 18.4 Å². The third-order valence-corrected chi connectivity index (χ3v) is 11.8. The van der Waals surface area contributed by atoms with Crippen molar-refractivity contribution in [2.45, 2.75) is 223 Å². The average molecular weight is 886 g/mol. The summed E-state index contributed by atoms with van der Waals surface area (Å²) >= 11 is 0. The molecule has 354 valence electrons. The molecule has 0 bridgehead atoms. The number of aliphatic hydroxyl groups is 7. The molecule has 1 saturated carbocycles. The maximum absolute atomic E-state index is 12.9. The summed E-state index contributed by atoms with van der Waals surface area (Å²) in [4.78, 5) is 23.3. The number of nitrogens with one attached hydrogen (secondary N) is 1. The number of phosphoric acid groups is 1. The Labute approximate surface area is 367 Å². The smallest absolute Gasteiger partial charge is 0.389 e. The number of allylic oxidation sites excluding steroid dienone is 8. The molecule has 1 rings (SSSR count). The van der Waals surface area contributed by atoms with E-state index in [0.717, 1.165) is 32.1 Å². The molecule has 1 aliphatic rings. The highest BCUT2D eigenvalue weighted by Crippen LogP contribution is 2.47. The van der Waals surface area contributed by atoms with E-state index in [4.69, 9.17) is 9.05 Å². The van der Waals surface area contributed by atoms with Crippen LogP contribution in [-0.4, -0.2) is 108 Å². The minimum absolute atomic E-state index is 0.365. The van der Waals surface area contributed by atoms with E-state index in [1.165, 1.54) is 108 Å². The van der Waals surface area contributed by atoms with Gasteiger partial charge in [-0.15, -0.1) is 0 Å². The highest BCUT2D eigenvalue weighted by Gasteiger charge is 2.51. The molecule has 8 atom stereocenters. The van der Waals surface area contributed by atoms with Gasteiger partial charge in [-0.2, -0.15) is 0 Å². The summed E-state index contributed by atoms with van der Waals surface area (Å²) in [5, 5.41) is 74.2. The van der Waals surface area contributed by atoms with E-state index >= 15 is 0 Å². The van der Waals surface area contributed by atoms with E-state index in [2.05, 4.69) is 49.5 Å². The number of carbonyl (C=O) groups is 1. The van der Waals surface area contributed by atoms with Crippen molar-refractivity contribution in [1.29, 1.82) is 0 Å². The van der Waals surface area contributed by atoms with Gasteiger partial charge in [-0.25, -0.2) is 4.57 Å². The molecule has 1 aliphatic carbocycles. The zero-order valence-corrected chi connectivity index (χ0v) is 38.2. The van der Waals surface area contributed by atoms with Gasteiger partial charge in [0.25, 0.3) is 0 Å². The Balaban J connectivity index is 2.62. The minimum Gasteiger partial charge on any atom is -0.389 e. The first kappa shape index (κ1) is 57.0. The van der Waals surface area contributed by atoms with Crippen LogP contribution < -0.4 is 5.32 Å². The van der Waals surface area contributed by atoms with Gasteiger partial charge in [-0.05, 0) is 57.8 Å². The minimum atomic E-state index is -5.17. The van der Waals surface area contributed by atoms with E-state index in [1.807, 2.05) is 6.08 Å². The molecule has 13 nitrogen and oxygen atoms in total. The number of rotatable bonds is 37. The molecule has 0 heterocycles. The number of amides is 1. The Kier molecular flexibility index (Phi) is 34.0. The molecule has 0 aromatic rings. The molecule has 0 saturated heterocycles. The Morgan fingerprint density at radius 1 is 0.574 bits per heavy atom. The predicted octanol–water partition coefficient (Wildman–Crippen LogP) is 7.70.